The van der Waals surface area contributed by atoms with E-state index in [9.17, 15) is 32.7 Å². The van der Waals surface area contributed by atoms with Gasteiger partial charge in [-0.25, -0.2) is 4.79 Å². The third kappa shape index (κ3) is 6.75. The van der Waals surface area contributed by atoms with Crippen LogP contribution in [0.1, 0.15) is 18.4 Å². The van der Waals surface area contributed by atoms with Crippen LogP contribution >= 0.6 is 7.59 Å². The molecule has 5 N–H and O–H groups in total. The van der Waals surface area contributed by atoms with E-state index in [0.717, 1.165) is 6.07 Å². The molecule has 2 atom stereocenters. The molecule has 18 heteroatoms. The average molecular weight is 511 g/mol. The molecule has 2 amide bonds. The number of carbonyl (C=O) groups excluding carboxylic acids is 2. The first-order valence-corrected chi connectivity index (χ1v) is 12.3. The lowest BCUT2D eigenvalue weighted by Gasteiger charge is -2.35. The summed E-state index contributed by atoms with van der Waals surface area (Å²) in [6, 6.07) is 1.08. The fourth-order valence-corrected chi connectivity index (χ4v) is 5.61. The zero-order valence-corrected chi connectivity index (χ0v) is 19.1. The van der Waals surface area contributed by atoms with E-state index in [1.165, 1.54) is 24.8 Å². The highest BCUT2D eigenvalue weighted by Crippen LogP contribution is 2.40. The summed E-state index contributed by atoms with van der Waals surface area (Å²) in [4.78, 5) is 35.3. The molecule has 1 fully saturated rings. The standard InChI is InChI=1S/C15H22N5O11PS/c1-29-12-6-9(11(20(23)24)7-13(12)30-2)8-31-15(22)17-10-4-3-5-19(14(10)21)32(16,25)18-33(26,27)28/h6-7,10H,3-5,8H2,1-2H3,(H,17,22)(H3,16,18,25)(H,26,27,28)/t10-,32?/m1/s1. The maximum absolute atomic E-state index is 12.5. The van der Waals surface area contributed by atoms with Crippen molar-refractivity contribution in [3.63, 3.8) is 0 Å². The largest absolute Gasteiger partial charge is 0.493 e. The smallest absolute Gasteiger partial charge is 0.408 e. The number of nitro benzene ring substituents is 1. The van der Waals surface area contributed by atoms with E-state index in [1.807, 2.05) is 0 Å². The van der Waals surface area contributed by atoms with E-state index < -0.39 is 53.2 Å². The highest BCUT2D eigenvalue weighted by atomic mass is 32.2. The number of nitro groups is 1. The Hall–Kier alpha value is -2.98. The van der Waals surface area contributed by atoms with Gasteiger partial charge in [0.2, 0.25) is 0 Å². The molecule has 1 aromatic carbocycles. The SMILES string of the molecule is COc1cc(COC(=O)N[C@@H]2CCCN(P(N)(=O)NS(=O)(=O)O)C2=O)c([N+](=O)[O-])cc1OC. The zero-order valence-electron chi connectivity index (χ0n) is 17.4. The molecule has 16 nitrogen and oxygen atoms in total. The molecule has 0 spiro atoms. The zero-order chi connectivity index (χ0) is 25.0. The normalized spacial score (nSPS) is 18.2. The molecule has 2 rings (SSSR count). The molecule has 1 saturated heterocycles. The van der Waals surface area contributed by atoms with Crippen LogP contribution in [0.3, 0.4) is 0 Å². The fourth-order valence-electron chi connectivity index (χ4n) is 3.03. The predicted molar refractivity (Wildman–Crippen MR) is 111 cm³/mol. The number of methoxy groups -OCH3 is 2. The molecule has 1 heterocycles. The van der Waals surface area contributed by atoms with Gasteiger partial charge in [-0.15, -0.1) is 4.49 Å². The Morgan fingerprint density at radius 1 is 1.36 bits per heavy atom. The van der Waals surface area contributed by atoms with E-state index in [1.54, 1.807) is 0 Å². The molecule has 0 radical (unpaired) electrons. The lowest BCUT2D eigenvalue weighted by molar-refractivity contribution is -0.385. The Labute approximate surface area is 187 Å². The Morgan fingerprint density at radius 3 is 2.52 bits per heavy atom. The molecule has 0 saturated carbocycles. The topological polar surface area (TPSA) is 230 Å². The van der Waals surface area contributed by atoms with Crippen LogP contribution in [0.4, 0.5) is 10.5 Å². The maximum Gasteiger partial charge on any atom is 0.408 e. The molecule has 0 aromatic heterocycles. The second-order valence-corrected chi connectivity index (χ2v) is 10.1. The molecule has 33 heavy (non-hydrogen) atoms. The molecule has 1 aromatic rings. The minimum Gasteiger partial charge on any atom is -0.493 e. The van der Waals surface area contributed by atoms with Crippen LogP contribution in [0.25, 0.3) is 0 Å². The number of nitrogens with one attached hydrogen (secondary N) is 2. The summed E-state index contributed by atoms with van der Waals surface area (Å²) in [5, 5.41) is 13.5. The first-order chi connectivity index (χ1) is 15.3. The summed E-state index contributed by atoms with van der Waals surface area (Å²) in [7, 11) is -6.89. The highest BCUT2D eigenvalue weighted by molar-refractivity contribution is 7.90. The van der Waals surface area contributed by atoms with Crippen molar-refractivity contribution < 1.29 is 46.3 Å². The van der Waals surface area contributed by atoms with Gasteiger partial charge in [0.25, 0.3) is 11.6 Å². The minimum absolute atomic E-state index is 0.0202. The Balaban J connectivity index is 2.10. The molecule has 1 aliphatic heterocycles. The van der Waals surface area contributed by atoms with Crippen LogP contribution in [0.2, 0.25) is 0 Å². The van der Waals surface area contributed by atoms with Gasteiger partial charge in [-0.05, 0) is 18.9 Å². The van der Waals surface area contributed by atoms with Crippen molar-refractivity contribution in [3.05, 3.63) is 27.8 Å². The quantitative estimate of drug-likeness (QED) is 0.152. The van der Waals surface area contributed by atoms with Crippen molar-refractivity contribution in [2.24, 2.45) is 5.50 Å². The van der Waals surface area contributed by atoms with Gasteiger partial charge in [0, 0.05) is 6.54 Å². The van der Waals surface area contributed by atoms with Crippen LogP contribution in [0.5, 0.6) is 11.5 Å². The second kappa shape index (κ2) is 10.3. The molecular formula is C15H22N5O11PS. The number of hydrogen-bond donors (Lipinski definition) is 4. The summed E-state index contributed by atoms with van der Waals surface area (Å²) < 4.78 is 59.9. The summed E-state index contributed by atoms with van der Waals surface area (Å²) >= 11 is 0. The van der Waals surface area contributed by atoms with Crippen LogP contribution in [-0.2, 0) is 31.0 Å². The van der Waals surface area contributed by atoms with Crippen molar-refractivity contribution in [3.8, 4) is 11.5 Å². The van der Waals surface area contributed by atoms with E-state index in [2.05, 4.69) is 5.32 Å². The Morgan fingerprint density at radius 2 is 1.97 bits per heavy atom. The Bertz CT molecular complexity index is 1100. The molecule has 184 valence electrons. The van der Waals surface area contributed by atoms with E-state index in [0.29, 0.717) is 4.67 Å². The van der Waals surface area contributed by atoms with Gasteiger partial charge in [0.15, 0.2) is 11.5 Å². The van der Waals surface area contributed by atoms with Gasteiger partial charge >= 0.3 is 24.0 Å². The lowest BCUT2D eigenvalue weighted by Crippen LogP contribution is -2.53. The summed E-state index contributed by atoms with van der Waals surface area (Å²) in [6.45, 7) is -0.757. The first kappa shape index (κ1) is 26.3. The number of benzene rings is 1. The molecule has 0 bridgehead atoms. The number of nitrogens with two attached hydrogens (primary N) is 1. The third-order valence-corrected chi connectivity index (χ3v) is 7.54. The minimum atomic E-state index is -4.97. The first-order valence-electron chi connectivity index (χ1n) is 9.08. The number of ether oxygens (including phenoxy) is 3. The monoisotopic (exact) mass is 511 g/mol. The van der Waals surface area contributed by atoms with Crippen molar-refractivity contribution in [2.45, 2.75) is 25.5 Å². The van der Waals surface area contributed by atoms with Crippen molar-refractivity contribution in [1.82, 2.24) is 14.5 Å². The van der Waals surface area contributed by atoms with E-state index in [4.69, 9.17) is 24.3 Å². The van der Waals surface area contributed by atoms with Gasteiger partial charge in [-0.3, -0.25) is 34.2 Å². The average Bonchev–Trinajstić information content (AvgIpc) is 2.71. The van der Waals surface area contributed by atoms with E-state index in [-0.39, 0.29) is 36.4 Å². The summed E-state index contributed by atoms with van der Waals surface area (Å²) in [5.41, 5.74) is 4.95. The van der Waals surface area contributed by atoms with Crippen LogP contribution in [0, 0.1) is 10.1 Å². The fraction of sp³-hybridized carbons (Fsp3) is 0.467. The molecule has 0 aliphatic carbocycles. The maximum atomic E-state index is 12.5. The number of rotatable bonds is 9. The number of amides is 2. The predicted octanol–water partition coefficient (Wildman–Crippen LogP) is 0.288. The van der Waals surface area contributed by atoms with Gasteiger partial charge in [-0.2, -0.15) is 8.42 Å². The number of carbonyl (C=O) groups is 2. The summed E-state index contributed by atoms with van der Waals surface area (Å²) in [6.07, 6.45) is -0.854. The van der Waals surface area contributed by atoms with Gasteiger partial charge in [0.05, 0.1) is 30.8 Å². The number of alkyl carbamates (subject to hydrolysis) is 1. The van der Waals surface area contributed by atoms with Gasteiger partial charge in [-0.1, -0.05) is 0 Å². The Kier molecular flexibility index (Phi) is 8.20. The van der Waals surface area contributed by atoms with Crippen molar-refractivity contribution in [1.29, 1.82) is 0 Å². The summed E-state index contributed by atoms with van der Waals surface area (Å²) in [5.74, 6) is -0.725. The third-order valence-electron chi connectivity index (χ3n) is 4.45. The molecular weight excluding hydrogens is 489 g/mol. The second-order valence-electron chi connectivity index (χ2n) is 6.66. The van der Waals surface area contributed by atoms with Crippen LogP contribution in [-0.4, -0.2) is 61.4 Å². The number of hydrogen-bond acceptors (Lipinski definition) is 10. The molecule has 1 unspecified atom stereocenters. The van der Waals surface area contributed by atoms with Crippen molar-refractivity contribution in [2.75, 3.05) is 20.8 Å². The molecule has 1 aliphatic rings. The lowest BCUT2D eigenvalue weighted by atomic mass is 10.1. The number of nitrogens with zero attached hydrogens (tertiary/aromatic N) is 2. The van der Waals surface area contributed by atoms with E-state index >= 15 is 0 Å². The van der Waals surface area contributed by atoms with Gasteiger partial charge in [0.1, 0.15) is 12.6 Å². The van der Waals surface area contributed by atoms with Crippen LogP contribution in [0.15, 0.2) is 12.1 Å². The van der Waals surface area contributed by atoms with Crippen molar-refractivity contribution >= 4 is 35.6 Å². The van der Waals surface area contributed by atoms with Gasteiger partial charge < -0.3 is 19.5 Å². The number of piperidine rings is 1. The highest BCUT2D eigenvalue weighted by Gasteiger charge is 2.40. The van der Waals surface area contributed by atoms with Crippen LogP contribution < -0.4 is 24.8 Å².